The van der Waals surface area contributed by atoms with E-state index in [1.54, 1.807) is 0 Å². The number of nitrogens with zero attached hydrogens (tertiary/aromatic N) is 4. The molecule has 0 radical (unpaired) electrons. The number of rotatable bonds is 8. The maximum absolute atomic E-state index is 12.6. The van der Waals surface area contributed by atoms with Crippen molar-refractivity contribution in [1.29, 1.82) is 0 Å². The molecule has 3 rings (SSSR count). The predicted molar refractivity (Wildman–Crippen MR) is 115 cm³/mol. The van der Waals surface area contributed by atoms with Crippen molar-refractivity contribution in [2.75, 3.05) is 31.3 Å². The second kappa shape index (κ2) is 8.99. The molecule has 28 heavy (non-hydrogen) atoms. The molecule has 1 heterocycles. The summed E-state index contributed by atoms with van der Waals surface area (Å²) in [6.07, 6.45) is 4.73. The second-order valence-electron chi connectivity index (χ2n) is 8.06. The highest BCUT2D eigenvalue weighted by Crippen LogP contribution is 2.40. The van der Waals surface area contributed by atoms with Gasteiger partial charge in [0, 0.05) is 32.1 Å². The van der Waals surface area contributed by atoms with Crippen molar-refractivity contribution in [3.05, 3.63) is 35.9 Å². The SMILES string of the molecule is CC(C)n1c(SCC(=O)NCC2(c3ccccc3)CCCC2)nnc1N(C)C. The Morgan fingerprint density at radius 2 is 1.89 bits per heavy atom. The number of carbonyl (C=O) groups excluding carboxylic acids is 1. The number of carbonyl (C=O) groups is 1. The summed E-state index contributed by atoms with van der Waals surface area (Å²) in [7, 11) is 3.91. The number of anilines is 1. The Hall–Kier alpha value is -2.02. The summed E-state index contributed by atoms with van der Waals surface area (Å²) in [6, 6.07) is 10.9. The molecule has 1 aromatic heterocycles. The lowest BCUT2D eigenvalue weighted by Gasteiger charge is -2.30. The van der Waals surface area contributed by atoms with Crippen molar-refractivity contribution in [3.8, 4) is 0 Å². The smallest absolute Gasteiger partial charge is 0.230 e. The van der Waals surface area contributed by atoms with Gasteiger partial charge in [-0.15, -0.1) is 10.2 Å². The van der Waals surface area contributed by atoms with E-state index in [0.29, 0.717) is 12.3 Å². The molecule has 1 fully saturated rings. The lowest BCUT2D eigenvalue weighted by atomic mass is 9.79. The molecular formula is C21H31N5OS. The molecule has 0 unspecified atom stereocenters. The molecule has 2 aromatic rings. The van der Waals surface area contributed by atoms with Crippen LogP contribution in [0.15, 0.2) is 35.5 Å². The summed E-state index contributed by atoms with van der Waals surface area (Å²) in [6.45, 7) is 4.91. The number of hydrogen-bond donors (Lipinski definition) is 1. The highest BCUT2D eigenvalue weighted by atomic mass is 32.2. The van der Waals surface area contributed by atoms with Crippen LogP contribution in [0, 0.1) is 0 Å². The highest BCUT2D eigenvalue weighted by molar-refractivity contribution is 7.99. The van der Waals surface area contributed by atoms with Crippen molar-refractivity contribution in [2.45, 2.75) is 56.1 Å². The molecule has 0 atom stereocenters. The van der Waals surface area contributed by atoms with Gasteiger partial charge in [-0.25, -0.2) is 0 Å². The summed E-state index contributed by atoms with van der Waals surface area (Å²) in [5.41, 5.74) is 1.42. The normalized spacial score (nSPS) is 15.8. The van der Waals surface area contributed by atoms with Gasteiger partial charge < -0.3 is 10.2 Å². The van der Waals surface area contributed by atoms with Crippen LogP contribution >= 0.6 is 11.8 Å². The molecule has 1 amide bonds. The van der Waals surface area contributed by atoms with Crippen molar-refractivity contribution < 1.29 is 4.79 Å². The van der Waals surface area contributed by atoms with E-state index in [0.717, 1.165) is 23.9 Å². The molecular weight excluding hydrogens is 370 g/mol. The number of aromatic nitrogens is 3. The standard InChI is InChI=1S/C21H31N5OS/c1-16(2)26-19(25(3)4)23-24-20(26)28-14-18(27)22-15-21(12-8-9-13-21)17-10-6-5-7-11-17/h5-7,10-11,16H,8-9,12-15H2,1-4H3,(H,22,27). The van der Waals surface area contributed by atoms with E-state index in [4.69, 9.17) is 0 Å². The van der Waals surface area contributed by atoms with Gasteiger partial charge in [0.15, 0.2) is 5.16 Å². The third kappa shape index (κ3) is 4.51. The third-order valence-electron chi connectivity index (χ3n) is 5.47. The summed E-state index contributed by atoms with van der Waals surface area (Å²) in [5, 5.41) is 12.5. The van der Waals surface area contributed by atoms with E-state index in [2.05, 4.69) is 58.2 Å². The van der Waals surface area contributed by atoms with Crippen molar-refractivity contribution in [2.24, 2.45) is 0 Å². The first-order chi connectivity index (χ1) is 13.4. The van der Waals surface area contributed by atoms with Gasteiger partial charge in [-0.2, -0.15) is 0 Å². The summed E-state index contributed by atoms with van der Waals surface area (Å²) in [4.78, 5) is 14.5. The molecule has 1 aliphatic carbocycles. The molecule has 1 saturated carbocycles. The number of hydrogen-bond acceptors (Lipinski definition) is 5. The van der Waals surface area contributed by atoms with Crippen LogP contribution in [0.1, 0.15) is 51.1 Å². The summed E-state index contributed by atoms with van der Waals surface area (Å²) in [5.74, 6) is 1.21. The van der Waals surface area contributed by atoms with E-state index in [9.17, 15) is 4.79 Å². The van der Waals surface area contributed by atoms with E-state index in [1.807, 2.05) is 25.1 Å². The van der Waals surface area contributed by atoms with Crippen LogP contribution in [0.5, 0.6) is 0 Å². The van der Waals surface area contributed by atoms with Gasteiger partial charge in [0.05, 0.1) is 5.75 Å². The number of nitrogens with one attached hydrogen (secondary N) is 1. The predicted octanol–water partition coefficient (Wildman–Crippen LogP) is 3.65. The molecule has 1 aromatic carbocycles. The van der Waals surface area contributed by atoms with Gasteiger partial charge in [-0.1, -0.05) is 54.9 Å². The van der Waals surface area contributed by atoms with Crippen molar-refractivity contribution >= 4 is 23.6 Å². The zero-order valence-electron chi connectivity index (χ0n) is 17.3. The van der Waals surface area contributed by atoms with Gasteiger partial charge in [0.25, 0.3) is 0 Å². The number of thioether (sulfide) groups is 1. The average Bonchev–Trinajstić information content (AvgIpc) is 3.33. The minimum atomic E-state index is 0.0527. The zero-order chi connectivity index (χ0) is 20.1. The molecule has 0 spiro atoms. The Kier molecular flexibility index (Phi) is 6.65. The van der Waals surface area contributed by atoms with Crippen molar-refractivity contribution in [1.82, 2.24) is 20.1 Å². The lowest BCUT2D eigenvalue weighted by molar-refractivity contribution is -0.118. The fourth-order valence-electron chi connectivity index (χ4n) is 3.98. The fraction of sp³-hybridized carbons (Fsp3) is 0.571. The number of amides is 1. The zero-order valence-corrected chi connectivity index (χ0v) is 18.1. The second-order valence-corrected chi connectivity index (χ2v) is 9.00. The van der Waals surface area contributed by atoms with Crippen LogP contribution in [-0.2, 0) is 10.2 Å². The van der Waals surface area contributed by atoms with E-state index in [1.165, 1.54) is 30.2 Å². The Morgan fingerprint density at radius 1 is 1.21 bits per heavy atom. The number of benzene rings is 1. The van der Waals surface area contributed by atoms with Gasteiger partial charge >= 0.3 is 0 Å². The monoisotopic (exact) mass is 401 g/mol. The van der Waals surface area contributed by atoms with Crippen LogP contribution in [0.3, 0.4) is 0 Å². The van der Waals surface area contributed by atoms with Crippen LogP contribution in [0.25, 0.3) is 0 Å². The molecule has 1 aliphatic rings. The maximum atomic E-state index is 12.6. The van der Waals surface area contributed by atoms with Crippen LogP contribution in [0.2, 0.25) is 0 Å². The van der Waals surface area contributed by atoms with E-state index >= 15 is 0 Å². The summed E-state index contributed by atoms with van der Waals surface area (Å²) < 4.78 is 2.07. The Balaban J connectivity index is 1.61. The van der Waals surface area contributed by atoms with Crippen LogP contribution in [-0.4, -0.2) is 47.1 Å². The van der Waals surface area contributed by atoms with E-state index < -0.39 is 0 Å². The molecule has 152 valence electrons. The highest BCUT2D eigenvalue weighted by Gasteiger charge is 2.35. The first-order valence-electron chi connectivity index (χ1n) is 10.0. The molecule has 1 N–H and O–H groups in total. The minimum Gasteiger partial charge on any atom is -0.354 e. The minimum absolute atomic E-state index is 0.0527. The van der Waals surface area contributed by atoms with Gasteiger partial charge in [0.1, 0.15) is 0 Å². The molecule has 0 aliphatic heterocycles. The van der Waals surface area contributed by atoms with E-state index in [-0.39, 0.29) is 17.4 Å². The molecule has 0 bridgehead atoms. The maximum Gasteiger partial charge on any atom is 0.230 e. The molecule has 0 saturated heterocycles. The molecule has 7 heteroatoms. The van der Waals surface area contributed by atoms with Crippen molar-refractivity contribution in [3.63, 3.8) is 0 Å². The lowest BCUT2D eigenvalue weighted by Crippen LogP contribution is -2.39. The van der Waals surface area contributed by atoms with Crippen LogP contribution < -0.4 is 10.2 Å². The van der Waals surface area contributed by atoms with Gasteiger partial charge in [-0.05, 0) is 32.3 Å². The Morgan fingerprint density at radius 3 is 2.50 bits per heavy atom. The quantitative estimate of drug-likeness (QED) is 0.684. The topological polar surface area (TPSA) is 63.1 Å². The third-order valence-corrected chi connectivity index (χ3v) is 6.41. The fourth-order valence-corrected chi connectivity index (χ4v) is 4.88. The first-order valence-corrected chi connectivity index (χ1v) is 11.0. The average molecular weight is 402 g/mol. The Labute approximate surface area is 172 Å². The first kappa shape index (κ1) is 20.7. The largest absolute Gasteiger partial charge is 0.354 e. The van der Waals surface area contributed by atoms with Crippen LogP contribution in [0.4, 0.5) is 5.95 Å². The van der Waals surface area contributed by atoms with Gasteiger partial charge in [0.2, 0.25) is 11.9 Å². The van der Waals surface area contributed by atoms with Gasteiger partial charge in [-0.3, -0.25) is 9.36 Å². The molecule has 6 nitrogen and oxygen atoms in total. The Bertz CT molecular complexity index is 781. The summed E-state index contributed by atoms with van der Waals surface area (Å²) >= 11 is 1.45.